The van der Waals surface area contributed by atoms with Crippen molar-refractivity contribution < 1.29 is 17.9 Å². The van der Waals surface area contributed by atoms with Crippen LogP contribution < -0.4 is 10.5 Å². The first kappa shape index (κ1) is 21.1. The molecule has 2 aromatic rings. The van der Waals surface area contributed by atoms with E-state index in [1.807, 2.05) is 0 Å². The molecular weight excluding hydrogens is 396 g/mol. The summed E-state index contributed by atoms with van der Waals surface area (Å²) in [4.78, 5) is 12.5. The molecule has 3 N–H and O–H groups in total. The Morgan fingerprint density at radius 2 is 2.00 bits per heavy atom. The van der Waals surface area contributed by atoms with Crippen LogP contribution in [0.3, 0.4) is 0 Å². The number of sulfonamides is 1. The maximum atomic E-state index is 12.8. The molecule has 0 bridgehead atoms. The summed E-state index contributed by atoms with van der Waals surface area (Å²) in [7, 11) is -3.67. The van der Waals surface area contributed by atoms with E-state index in [1.165, 1.54) is 11.3 Å². The van der Waals surface area contributed by atoms with Gasteiger partial charge in [-0.25, -0.2) is 17.9 Å². The van der Waals surface area contributed by atoms with Gasteiger partial charge in [-0.1, -0.05) is 12.8 Å². The molecule has 0 unspecified atom stereocenters. The minimum atomic E-state index is -3.67. The van der Waals surface area contributed by atoms with Gasteiger partial charge in [-0.3, -0.25) is 0 Å². The van der Waals surface area contributed by atoms with E-state index in [0.29, 0.717) is 23.4 Å². The third-order valence-corrected chi connectivity index (χ3v) is 7.25. The zero-order chi connectivity index (χ0) is 18.1. The molecule has 144 valence electrons. The van der Waals surface area contributed by atoms with Crippen LogP contribution >= 0.6 is 23.7 Å². The summed E-state index contributed by atoms with van der Waals surface area (Å²) in [5, 5.41) is 0.712. The average Bonchev–Trinajstić information content (AvgIpc) is 3.21. The second kappa shape index (κ2) is 8.22. The fraction of sp³-hybridized carbons (Fsp3) is 0.471. The number of carbonyl (C=O) groups is 1. The number of thiophene rings is 1. The Kier molecular flexibility index (Phi) is 6.68. The van der Waals surface area contributed by atoms with Crippen LogP contribution in [0.4, 0.5) is 0 Å². The summed E-state index contributed by atoms with van der Waals surface area (Å²) in [6, 6.07) is 6.55. The summed E-state index contributed by atoms with van der Waals surface area (Å²) in [5.41, 5.74) is 5.29. The standard InChI is InChI=1S/C17H22N2O4S2.ClH/c1-2-23-16(20)15-10-12-9-13(5-6-14(12)24-15)25(21,22)19-17(11-18)7-3-4-8-17;/h5-6,9-10,19H,2-4,7-8,11,18H2,1H3;1H. The number of halogens is 1. The number of benzene rings is 1. The molecule has 1 fully saturated rings. The lowest BCUT2D eigenvalue weighted by atomic mass is 10.0. The Bertz CT molecular complexity index is 889. The van der Waals surface area contributed by atoms with Crippen molar-refractivity contribution in [3.8, 4) is 0 Å². The lowest BCUT2D eigenvalue weighted by molar-refractivity contribution is 0.0532. The Labute approximate surface area is 163 Å². The predicted molar refractivity (Wildman–Crippen MR) is 106 cm³/mol. The summed E-state index contributed by atoms with van der Waals surface area (Å²) in [6.45, 7) is 2.34. The molecule has 0 radical (unpaired) electrons. The molecule has 0 saturated heterocycles. The molecule has 26 heavy (non-hydrogen) atoms. The summed E-state index contributed by atoms with van der Waals surface area (Å²) in [5.74, 6) is -0.390. The Hall–Kier alpha value is -1.19. The van der Waals surface area contributed by atoms with Crippen LogP contribution in [0.5, 0.6) is 0 Å². The van der Waals surface area contributed by atoms with Gasteiger partial charge in [0.25, 0.3) is 0 Å². The van der Waals surface area contributed by atoms with Crippen LogP contribution in [0.15, 0.2) is 29.2 Å². The molecule has 1 aliphatic rings. The second-order valence-corrected chi connectivity index (χ2v) is 9.09. The molecule has 1 saturated carbocycles. The van der Waals surface area contributed by atoms with Crippen LogP contribution in [0.1, 0.15) is 42.3 Å². The van der Waals surface area contributed by atoms with E-state index in [9.17, 15) is 13.2 Å². The number of nitrogens with two attached hydrogens (primary N) is 1. The number of nitrogens with one attached hydrogen (secondary N) is 1. The van der Waals surface area contributed by atoms with Crippen LogP contribution in [0.25, 0.3) is 10.1 Å². The molecule has 6 nitrogen and oxygen atoms in total. The molecule has 0 aliphatic heterocycles. The number of ether oxygens (including phenoxy) is 1. The van der Waals surface area contributed by atoms with Gasteiger partial charge in [0, 0.05) is 16.8 Å². The van der Waals surface area contributed by atoms with Crippen LogP contribution in [0.2, 0.25) is 0 Å². The zero-order valence-electron chi connectivity index (χ0n) is 14.5. The van der Waals surface area contributed by atoms with E-state index in [1.54, 1.807) is 31.2 Å². The molecular formula is C17H23ClN2O4S2. The topological polar surface area (TPSA) is 98.5 Å². The second-order valence-electron chi connectivity index (χ2n) is 6.33. The monoisotopic (exact) mass is 418 g/mol. The highest BCUT2D eigenvalue weighted by Gasteiger charge is 2.36. The summed E-state index contributed by atoms with van der Waals surface area (Å²) < 4.78 is 34.2. The zero-order valence-corrected chi connectivity index (χ0v) is 16.9. The Balaban J connectivity index is 0.00000243. The van der Waals surface area contributed by atoms with Crippen molar-refractivity contribution in [3.63, 3.8) is 0 Å². The van der Waals surface area contributed by atoms with Crippen LogP contribution in [-0.4, -0.2) is 33.1 Å². The fourth-order valence-corrected chi connectivity index (χ4v) is 5.68. The smallest absolute Gasteiger partial charge is 0.348 e. The predicted octanol–water partition coefficient (Wildman–Crippen LogP) is 3.05. The van der Waals surface area contributed by atoms with Crippen molar-refractivity contribution in [2.75, 3.05) is 13.2 Å². The van der Waals surface area contributed by atoms with Gasteiger partial charge in [0.05, 0.1) is 11.5 Å². The summed E-state index contributed by atoms with van der Waals surface area (Å²) >= 11 is 1.29. The lowest BCUT2D eigenvalue weighted by Crippen LogP contribution is -2.51. The normalized spacial score (nSPS) is 16.4. The van der Waals surface area contributed by atoms with Crippen molar-refractivity contribution >= 4 is 49.8 Å². The molecule has 9 heteroatoms. The van der Waals surface area contributed by atoms with Gasteiger partial charge in [0.15, 0.2) is 0 Å². The molecule has 1 heterocycles. The maximum Gasteiger partial charge on any atom is 0.348 e. The van der Waals surface area contributed by atoms with Gasteiger partial charge in [-0.05, 0) is 49.4 Å². The molecule has 1 aromatic heterocycles. The highest BCUT2D eigenvalue weighted by Crippen LogP contribution is 2.32. The van der Waals surface area contributed by atoms with E-state index in [4.69, 9.17) is 10.5 Å². The van der Waals surface area contributed by atoms with Crippen molar-refractivity contribution in [1.82, 2.24) is 4.72 Å². The van der Waals surface area contributed by atoms with Gasteiger partial charge in [-0.15, -0.1) is 23.7 Å². The number of hydrogen-bond acceptors (Lipinski definition) is 6. The minimum Gasteiger partial charge on any atom is -0.462 e. The number of esters is 1. The number of hydrogen-bond donors (Lipinski definition) is 2. The Morgan fingerprint density at radius 1 is 1.31 bits per heavy atom. The number of rotatable bonds is 6. The highest BCUT2D eigenvalue weighted by molar-refractivity contribution is 7.89. The maximum absolute atomic E-state index is 12.8. The van der Waals surface area contributed by atoms with E-state index in [-0.39, 0.29) is 23.3 Å². The van der Waals surface area contributed by atoms with Crippen molar-refractivity contribution in [1.29, 1.82) is 0 Å². The van der Waals surface area contributed by atoms with Gasteiger partial charge in [0.1, 0.15) is 4.88 Å². The van der Waals surface area contributed by atoms with Crippen molar-refractivity contribution in [2.24, 2.45) is 5.73 Å². The van der Waals surface area contributed by atoms with Gasteiger partial charge in [0.2, 0.25) is 10.0 Å². The van der Waals surface area contributed by atoms with E-state index < -0.39 is 15.6 Å². The highest BCUT2D eigenvalue weighted by atomic mass is 35.5. The van der Waals surface area contributed by atoms with Crippen molar-refractivity contribution in [2.45, 2.75) is 43.0 Å². The minimum absolute atomic E-state index is 0. The first-order valence-electron chi connectivity index (χ1n) is 8.34. The number of carbonyl (C=O) groups excluding carboxylic acids is 1. The fourth-order valence-electron chi connectivity index (χ4n) is 3.24. The average molecular weight is 419 g/mol. The molecule has 3 rings (SSSR count). The molecule has 1 aliphatic carbocycles. The first-order chi connectivity index (χ1) is 11.9. The van der Waals surface area contributed by atoms with E-state index >= 15 is 0 Å². The molecule has 0 atom stereocenters. The molecule has 1 aromatic carbocycles. The van der Waals surface area contributed by atoms with Gasteiger partial charge in [-0.2, -0.15) is 0 Å². The van der Waals surface area contributed by atoms with Crippen molar-refractivity contribution in [3.05, 3.63) is 29.1 Å². The van der Waals surface area contributed by atoms with Crippen LogP contribution in [-0.2, 0) is 14.8 Å². The first-order valence-corrected chi connectivity index (χ1v) is 10.6. The van der Waals surface area contributed by atoms with Gasteiger partial charge < -0.3 is 10.5 Å². The summed E-state index contributed by atoms with van der Waals surface area (Å²) in [6.07, 6.45) is 3.48. The van der Waals surface area contributed by atoms with Crippen LogP contribution in [0, 0.1) is 0 Å². The molecule has 0 spiro atoms. The molecule has 0 amide bonds. The number of fused-ring (bicyclic) bond motifs is 1. The van der Waals surface area contributed by atoms with E-state index in [2.05, 4.69) is 4.72 Å². The largest absolute Gasteiger partial charge is 0.462 e. The quantitative estimate of drug-likeness (QED) is 0.702. The lowest BCUT2D eigenvalue weighted by Gasteiger charge is -2.28. The van der Waals surface area contributed by atoms with E-state index in [0.717, 1.165) is 30.4 Å². The third kappa shape index (κ3) is 4.20. The Morgan fingerprint density at radius 3 is 2.62 bits per heavy atom. The SMILES string of the molecule is CCOC(=O)c1cc2cc(S(=O)(=O)NC3(CN)CCCC3)ccc2s1.Cl. The van der Waals surface area contributed by atoms with Gasteiger partial charge >= 0.3 is 5.97 Å². The third-order valence-electron chi connectivity index (χ3n) is 4.58.